The summed E-state index contributed by atoms with van der Waals surface area (Å²) in [4.78, 5) is 0. The van der Waals surface area contributed by atoms with Gasteiger partial charge in [0.15, 0.2) is 0 Å². The second kappa shape index (κ2) is 19.4. The Bertz CT molecular complexity index is 1320. The zero-order valence-corrected chi connectivity index (χ0v) is 26.7. The summed E-state index contributed by atoms with van der Waals surface area (Å²) >= 11 is 0. The largest absolute Gasteiger partial charge is 0.0683 e. The first-order valence-corrected chi connectivity index (χ1v) is 15.1. The second-order valence-electron chi connectivity index (χ2n) is 10.5. The van der Waals surface area contributed by atoms with Crippen molar-refractivity contribution >= 4 is 43.1 Å². The molecule has 0 heteroatoms. The molecule has 0 aliphatic heterocycles. The second-order valence-corrected chi connectivity index (χ2v) is 10.5. The molecule has 0 atom stereocenters. The highest BCUT2D eigenvalue weighted by Crippen LogP contribution is 2.24. The van der Waals surface area contributed by atoms with E-state index in [0.29, 0.717) is 0 Å². The SMILES string of the molecule is CC.CC.CC(C)C.CC(C)C.c1ccc2c(c1)ccc1ccccc12.c1ccc2cc3ccccc3cc2c1. The van der Waals surface area contributed by atoms with Gasteiger partial charge in [0, 0.05) is 0 Å². The molecule has 0 nitrogen and oxygen atoms in total. The molecule has 0 aliphatic rings. The standard InChI is InChI=1S/2C14H10.2C4H10.2C2H6/c1-3-7-13-11(5-1)9-10-12-6-2-4-8-14(12)13;1-2-6-12-10-14-8-4-3-7-13(14)9-11(12)5-1;2*1-4(2)3;2*1-2/h2*1-10H;2*4H,1-3H3;2*1-2H3. The molecule has 212 valence electrons. The van der Waals surface area contributed by atoms with Crippen molar-refractivity contribution in [1.29, 1.82) is 0 Å². The Morgan fingerprint density at radius 1 is 0.300 bits per heavy atom. The summed E-state index contributed by atoms with van der Waals surface area (Å²) in [6, 6.07) is 42.8. The van der Waals surface area contributed by atoms with E-state index in [1.54, 1.807) is 0 Å². The summed E-state index contributed by atoms with van der Waals surface area (Å²) < 4.78 is 0. The van der Waals surface area contributed by atoms with Crippen molar-refractivity contribution in [2.24, 2.45) is 11.8 Å². The molecular weight excluding hydrogens is 480 g/mol. The van der Waals surface area contributed by atoms with Gasteiger partial charge in [-0.05, 0) is 67.1 Å². The van der Waals surface area contributed by atoms with Crippen LogP contribution < -0.4 is 0 Å². The normalized spacial score (nSPS) is 9.70. The first-order valence-electron chi connectivity index (χ1n) is 15.1. The van der Waals surface area contributed by atoms with E-state index in [1.165, 1.54) is 43.1 Å². The highest BCUT2D eigenvalue weighted by atomic mass is 14.0. The quantitative estimate of drug-likeness (QED) is 0.135. The predicted octanol–water partition coefficient (Wildman–Crippen LogP) is 13.4. The summed E-state index contributed by atoms with van der Waals surface area (Å²) in [5.41, 5.74) is 0. The Morgan fingerprint density at radius 2 is 0.500 bits per heavy atom. The van der Waals surface area contributed by atoms with Crippen LogP contribution >= 0.6 is 0 Å². The minimum Gasteiger partial charge on any atom is -0.0683 e. The van der Waals surface area contributed by atoms with Crippen LogP contribution in [0, 0.1) is 11.8 Å². The molecule has 0 spiro atoms. The van der Waals surface area contributed by atoms with Gasteiger partial charge in [-0.25, -0.2) is 0 Å². The zero-order chi connectivity index (χ0) is 29.9. The Hall–Kier alpha value is -3.64. The van der Waals surface area contributed by atoms with Gasteiger partial charge in [-0.2, -0.15) is 0 Å². The fourth-order valence-corrected chi connectivity index (χ4v) is 3.84. The molecule has 40 heavy (non-hydrogen) atoms. The van der Waals surface area contributed by atoms with E-state index in [0.717, 1.165) is 11.8 Å². The van der Waals surface area contributed by atoms with Crippen LogP contribution in [-0.4, -0.2) is 0 Å². The third kappa shape index (κ3) is 11.6. The number of hydrogen-bond acceptors (Lipinski definition) is 0. The molecule has 0 unspecified atom stereocenters. The first-order chi connectivity index (χ1) is 19.3. The van der Waals surface area contributed by atoms with Gasteiger partial charge in [0.1, 0.15) is 0 Å². The van der Waals surface area contributed by atoms with Crippen LogP contribution in [0.1, 0.15) is 69.2 Å². The maximum atomic E-state index is 2.24. The van der Waals surface area contributed by atoms with Crippen LogP contribution in [0.15, 0.2) is 121 Å². The lowest BCUT2D eigenvalue weighted by Gasteiger charge is -2.02. The molecule has 6 aromatic rings. The molecule has 0 aromatic heterocycles. The number of benzene rings is 6. The van der Waals surface area contributed by atoms with E-state index < -0.39 is 0 Å². The fourth-order valence-electron chi connectivity index (χ4n) is 3.84. The van der Waals surface area contributed by atoms with E-state index >= 15 is 0 Å². The minimum atomic E-state index is 0.833. The van der Waals surface area contributed by atoms with Gasteiger partial charge < -0.3 is 0 Å². The third-order valence-corrected chi connectivity index (χ3v) is 5.27. The van der Waals surface area contributed by atoms with Crippen molar-refractivity contribution in [3.05, 3.63) is 121 Å². The summed E-state index contributed by atoms with van der Waals surface area (Å²) in [6.45, 7) is 21.0. The van der Waals surface area contributed by atoms with E-state index in [4.69, 9.17) is 0 Å². The van der Waals surface area contributed by atoms with Gasteiger partial charge in [0.2, 0.25) is 0 Å². The van der Waals surface area contributed by atoms with E-state index in [1.807, 2.05) is 27.7 Å². The van der Waals surface area contributed by atoms with Crippen molar-refractivity contribution in [3.63, 3.8) is 0 Å². The molecule has 0 bridgehead atoms. The Kier molecular flexibility index (Phi) is 16.7. The highest BCUT2D eigenvalue weighted by molar-refractivity contribution is 6.07. The predicted molar refractivity (Wildman–Crippen MR) is 187 cm³/mol. The average Bonchev–Trinajstić information content (AvgIpc) is 2.98. The number of hydrogen-bond donors (Lipinski definition) is 0. The Labute approximate surface area is 245 Å². The summed E-state index contributed by atoms with van der Waals surface area (Å²) in [5.74, 6) is 1.67. The number of fused-ring (bicyclic) bond motifs is 5. The van der Waals surface area contributed by atoms with Gasteiger partial charge in [0.05, 0.1) is 0 Å². The molecule has 0 N–H and O–H groups in total. The van der Waals surface area contributed by atoms with Crippen molar-refractivity contribution in [1.82, 2.24) is 0 Å². The average molecular weight is 533 g/mol. The van der Waals surface area contributed by atoms with Gasteiger partial charge >= 0.3 is 0 Å². The van der Waals surface area contributed by atoms with Crippen molar-refractivity contribution < 1.29 is 0 Å². The lowest BCUT2D eigenvalue weighted by molar-refractivity contribution is 0.736. The van der Waals surface area contributed by atoms with E-state index in [9.17, 15) is 0 Å². The van der Waals surface area contributed by atoms with Crippen LogP contribution in [-0.2, 0) is 0 Å². The third-order valence-electron chi connectivity index (χ3n) is 5.27. The van der Waals surface area contributed by atoms with E-state index in [2.05, 4.69) is 163 Å². The van der Waals surface area contributed by atoms with Crippen LogP contribution in [0.25, 0.3) is 43.1 Å². The monoisotopic (exact) mass is 532 g/mol. The smallest absolute Gasteiger partial charge is 0.0105 e. The molecule has 0 radical (unpaired) electrons. The lowest BCUT2D eigenvalue weighted by Crippen LogP contribution is -1.75. The molecule has 6 rings (SSSR count). The maximum absolute atomic E-state index is 2.24. The summed E-state index contributed by atoms with van der Waals surface area (Å²) in [7, 11) is 0. The molecule has 6 aromatic carbocycles. The molecule has 0 aliphatic carbocycles. The zero-order valence-electron chi connectivity index (χ0n) is 26.7. The molecule has 0 saturated heterocycles. The van der Waals surface area contributed by atoms with Crippen LogP contribution in [0.2, 0.25) is 0 Å². The first kappa shape index (κ1) is 34.4. The number of rotatable bonds is 0. The molecular formula is C40H52. The van der Waals surface area contributed by atoms with Crippen LogP contribution in [0.4, 0.5) is 0 Å². The summed E-state index contributed by atoms with van der Waals surface area (Å²) in [5, 5.41) is 10.5. The van der Waals surface area contributed by atoms with E-state index in [-0.39, 0.29) is 0 Å². The lowest BCUT2D eigenvalue weighted by atomic mass is 10.0. The van der Waals surface area contributed by atoms with Crippen molar-refractivity contribution in [2.45, 2.75) is 69.2 Å². The fraction of sp³-hybridized carbons (Fsp3) is 0.300. The summed E-state index contributed by atoms with van der Waals surface area (Å²) in [6.07, 6.45) is 0. The molecule has 0 saturated carbocycles. The molecule has 0 amide bonds. The molecule has 0 fully saturated rings. The Morgan fingerprint density at radius 3 is 0.750 bits per heavy atom. The topological polar surface area (TPSA) is 0 Å². The highest BCUT2D eigenvalue weighted by Gasteiger charge is 1.97. The maximum Gasteiger partial charge on any atom is -0.0105 e. The van der Waals surface area contributed by atoms with Gasteiger partial charge in [-0.3, -0.25) is 0 Å². The van der Waals surface area contributed by atoms with Crippen molar-refractivity contribution in [3.8, 4) is 0 Å². The van der Waals surface area contributed by atoms with Crippen LogP contribution in [0.5, 0.6) is 0 Å². The van der Waals surface area contributed by atoms with Crippen molar-refractivity contribution in [2.75, 3.05) is 0 Å². The van der Waals surface area contributed by atoms with Gasteiger partial charge in [-0.15, -0.1) is 0 Å². The minimum absolute atomic E-state index is 0.833. The van der Waals surface area contributed by atoms with Gasteiger partial charge in [0.25, 0.3) is 0 Å². The Balaban J connectivity index is 0.000000290. The molecule has 0 heterocycles. The van der Waals surface area contributed by atoms with Crippen LogP contribution in [0.3, 0.4) is 0 Å². The van der Waals surface area contributed by atoms with Gasteiger partial charge in [-0.1, -0.05) is 178 Å².